The van der Waals surface area contributed by atoms with Gasteiger partial charge in [-0.2, -0.15) is 10.4 Å². The quantitative estimate of drug-likeness (QED) is 0.680. The van der Waals surface area contributed by atoms with E-state index in [-0.39, 0.29) is 5.69 Å². The number of benzene rings is 2. The molecule has 1 aromatic heterocycles. The summed E-state index contributed by atoms with van der Waals surface area (Å²) in [5.74, 6) is -0.455. The van der Waals surface area contributed by atoms with Crippen molar-refractivity contribution in [3.8, 4) is 23.0 Å². The summed E-state index contributed by atoms with van der Waals surface area (Å²) in [6, 6.07) is 18.9. The Balaban J connectivity index is 2.12. The number of carbonyl (C=O) groups excluding carboxylic acids is 1. The third-order valence-corrected chi connectivity index (χ3v) is 3.78. The molecule has 3 aromatic rings. The number of carbonyl (C=O) groups is 1. The van der Waals surface area contributed by atoms with E-state index in [4.69, 9.17) is 10.00 Å². The zero-order valence-electron chi connectivity index (χ0n) is 14.1. The van der Waals surface area contributed by atoms with Gasteiger partial charge in [0.05, 0.1) is 29.6 Å². The van der Waals surface area contributed by atoms with Crippen LogP contribution < -0.4 is 0 Å². The second kappa shape index (κ2) is 7.02. The fourth-order valence-corrected chi connectivity index (χ4v) is 2.49. The van der Waals surface area contributed by atoms with Crippen molar-refractivity contribution < 1.29 is 9.53 Å². The normalized spacial score (nSPS) is 10.3. The zero-order valence-corrected chi connectivity index (χ0v) is 14.1. The Kier molecular flexibility index (Phi) is 4.62. The summed E-state index contributed by atoms with van der Waals surface area (Å²) in [7, 11) is 0. The minimum atomic E-state index is -0.455. The summed E-state index contributed by atoms with van der Waals surface area (Å²) in [6.07, 6.45) is 0. The topological polar surface area (TPSA) is 67.9 Å². The molecule has 0 saturated heterocycles. The third kappa shape index (κ3) is 3.43. The second-order valence-corrected chi connectivity index (χ2v) is 5.57. The number of esters is 1. The average molecular weight is 331 g/mol. The Morgan fingerprint density at radius 1 is 1.16 bits per heavy atom. The molecule has 0 saturated carbocycles. The van der Waals surface area contributed by atoms with Gasteiger partial charge in [0.1, 0.15) is 0 Å². The summed E-state index contributed by atoms with van der Waals surface area (Å²) < 4.78 is 6.78. The average Bonchev–Trinajstić information content (AvgIpc) is 3.08. The summed E-state index contributed by atoms with van der Waals surface area (Å²) in [6.45, 7) is 4.07. The first-order valence-corrected chi connectivity index (χ1v) is 7.97. The van der Waals surface area contributed by atoms with E-state index < -0.39 is 5.97 Å². The van der Waals surface area contributed by atoms with Crippen LogP contribution in [-0.2, 0) is 4.74 Å². The van der Waals surface area contributed by atoms with E-state index in [1.54, 1.807) is 29.8 Å². The van der Waals surface area contributed by atoms with Crippen LogP contribution in [0.1, 0.15) is 28.5 Å². The van der Waals surface area contributed by atoms with Crippen molar-refractivity contribution in [2.24, 2.45) is 0 Å². The minimum absolute atomic E-state index is 0.252. The van der Waals surface area contributed by atoms with Crippen molar-refractivity contribution in [3.63, 3.8) is 0 Å². The molecule has 0 aliphatic heterocycles. The molecule has 0 spiro atoms. The monoisotopic (exact) mass is 331 g/mol. The van der Waals surface area contributed by atoms with Crippen LogP contribution in [-0.4, -0.2) is 22.4 Å². The lowest BCUT2D eigenvalue weighted by molar-refractivity contribution is 0.0519. The number of ether oxygens (including phenoxy) is 1. The third-order valence-electron chi connectivity index (χ3n) is 3.78. The molecular weight excluding hydrogens is 314 g/mol. The van der Waals surface area contributed by atoms with Gasteiger partial charge in [0.2, 0.25) is 0 Å². The lowest BCUT2D eigenvalue weighted by Gasteiger charge is -2.08. The molecule has 124 valence electrons. The van der Waals surface area contributed by atoms with Crippen molar-refractivity contribution in [2.45, 2.75) is 13.8 Å². The number of aromatic nitrogens is 2. The van der Waals surface area contributed by atoms with E-state index in [9.17, 15) is 4.79 Å². The first kappa shape index (κ1) is 16.5. The summed E-state index contributed by atoms with van der Waals surface area (Å²) in [5.41, 5.74) is 4.44. The highest BCUT2D eigenvalue weighted by Gasteiger charge is 2.17. The smallest absolute Gasteiger partial charge is 0.358 e. The van der Waals surface area contributed by atoms with Gasteiger partial charge in [0.15, 0.2) is 5.69 Å². The largest absolute Gasteiger partial charge is 0.461 e. The second-order valence-electron chi connectivity index (χ2n) is 5.57. The SMILES string of the molecule is CCOC(=O)c1cc(-c2ccc(C#N)cc2)n(-c2ccc(C)cc2)n1. The summed E-state index contributed by atoms with van der Waals surface area (Å²) in [4.78, 5) is 12.1. The van der Waals surface area contributed by atoms with Crippen LogP contribution in [0.15, 0.2) is 54.6 Å². The molecule has 3 rings (SSSR count). The van der Waals surface area contributed by atoms with Crippen LogP contribution in [0.2, 0.25) is 0 Å². The van der Waals surface area contributed by atoms with E-state index in [1.807, 2.05) is 43.3 Å². The molecule has 0 atom stereocenters. The van der Waals surface area contributed by atoms with Gasteiger partial charge in [-0.05, 0) is 44.2 Å². The number of nitrogens with zero attached hydrogens (tertiary/aromatic N) is 3. The number of aryl methyl sites for hydroxylation is 1. The first-order valence-electron chi connectivity index (χ1n) is 7.97. The first-order chi connectivity index (χ1) is 12.1. The van der Waals surface area contributed by atoms with Gasteiger partial charge < -0.3 is 4.74 Å². The molecule has 0 aliphatic rings. The molecule has 5 nitrogen and oxygen atoms in total. The molecule has 0 radical (unpaired) electrons. The highest BCUT2D eigenvalue weighted by atomic mass is 16.5. The molecule has 2 aromatic carbocycles. The highest BCUT2D eigenvalue weighted by Crippen LogP contribution is 2.25. The van der Waals surface area contributed by atoms with Gasteiger partial charge in [-0.15, -0.1) is 0 Å². The predicted octanol–water partition coefficient (Wildman–Crippen LogP) is 3.90. The maximum absolute atomic E-state index is 12.1. The number of nitriles is 1. The van der Waals surface area contributed by atoms with Gasteiger partial charge >= 0.3 is 5.97 Å². The Bertz CT molecular complexity index is 933. The molecule has 0 fully saturated rings. The molecule has 0 bridgehead atoms. The molecule has 0 unspecified atom stereocenters. The Morgan fingerprint density at radius 3 is 2.44 bits per heavy atom. The number of hydrogen-bond donors (Lipinski definition) is 0. The minimum Gasteiger partial charge on any atom is -0.461 e. The van der Waals surface area contributed by atoms with E-state index in [2.05, 4.69) is 11.2 Å². The molecule has 25 heavy (non-hydrogen) atoms. The van der Waals surface area contributed by atoms with Crippen LogP contribution in [0.5, 0.6) is 0 Å². The van der Waals surface area contributed by atoms with Gasteiger partial charge in [-0.25, -0.2) is 9.48 Å². The molecule has 1 heterocycles. The van der Waals surface area contributed by atoms with E-state index in [0.717, 1.165) is 22.5 Å². The van der Waals surface area contributed by atoms with Crippen LogP contribution >= 0.6 is 0 Å². The lowest BCUT2D eigenvalue weighted by Crippen LogP contribution is -2.06. The fraction of sp³-hybridized carbons (Fsp3) is 0.150. The van der Waals surface area contributed by atoms with E-state index in [1.165, 1.54) is 0 Å². The van der Waals surface area contributed by atoms with Crippen molar-refractivity contribution in [1.82, 2.24) is 9.78 Å². The van der Waals surface area contributed by atoms with E-state index in [0.29, 0.717) is 12.2 Å². The van der Waals surface area contributed by atoms with Crippen LogP contribution in [0.3, 0.4) is 0 Å². The molecule has 0 aliphatic carbocycles. The van der Waals surface area contributed by atoms with Crippen molar-refractivity contribution in [3.05, 3.63) is 71.4 Å². The van der Waals surface area contributed by atoms with Crippen molar-refractivity contribution in [2.75, 3.05) is 6.61 Å². The molecular formula is C20H17N3O2. The Morgan fingerprint density at radius 2 is 1.84 bits per heavy atom. The van der Waals surface area contributed by atoms with Gasteiger partial charge in [0, 0.05) is 5.56 Å². The molecule has 0 N–H and O–H groups in total. The van der Waals surface area contributed by atoms with Crippen LogP contribution in [0, 0.1) is 18.3 Å². The Hall–Kier alpha value is -3.39. The Labute approximate surface area is 146 Å². The lowest BCUT2D eigenvalue weighted by atomic mass is 10.1. The van der Waals surface area contributed by atoms with E-state index >= 15 is 0 Å². The van der Waals surface area contributed by atoms with Crippen molar-refractivity contribution in [1.29, 1.82) is 5.26 Å². The van der Waals surface area contributed by atoms with Crippen LogP contribution in [0.4, 0.5) is 0 Å². The zero-order chi connectivity index (χ0) is 17.8. The molecule has 5 heteroatoms. The maximum atomic E-state index is 12.1. The van der Waals surface area contributed by atoms with Gasteiger partial charge in [-0.1, -0.05) is 29.8 Å². The van der Waals surface area contributed by atoms with Crippen LogP contribution in [0.25, 0.3) is 16.9 Å². The van der Waals surface area contributed by atoms with Crippen molar-refractivity contribution >= 4 is 5.97 Å². The fourth-order valence-electron chi connectivity index (χ4n) is 2.49. The standard InChI is InChI=1S/C20H17N3O2/c1-3-25-20(24)18-12-19(16-8-6-15(13-21)7-9-16)23(22-18)17-10-4-14(2)5-11-17/h4-12H,3H2,1-2H3. The van der Waals surface area contributed by atoms with Gasteiger partial charge in [-0.3, -0.25) is 0 Å². The maximum Gasteiger partial charge on any atom is 0.358 e. The summed E-state index contributed by atoms with van der Waals surface area (Å²) >= 11 is 0. The number of rotatable bonds is 4. The summed E-state index contributed by atoms with van der Waals surface area (Å²) in [5, 5.41) is 13.4. The molecule has 0 amide bonds. The number of hydrogen-bond acceptors (Lipinski definition) is 4. The predicted molar refractivity (Wildman–Crippen MR) is 94.4 cm³/mol. The highest BCUT2D eigenvalue weighted by molar-refractivity contribution is 5.89. The van der Waals surface area contributed by atoms with Gasteiger partial charge in [0.25, 0.3) is 0 Å².